The van der Waals surface area contributed by atoms with E-state index in [4.69, 9.17) is 4.74 Å². The van der Waals surface area contributed by atoms with E-state index in [1.165, 1.54) is 26.2 Å². The van der Waals surface area contributed by atoms with E-state index < -0.39 is 0 Å². The van der Waals surface area contributed by atoms with Gasteiger partial charge >= 0.3 is 0 Å². The molecular weight excluding hydrogens is 178 g/mol. The molecule has 2 saturated heterocycles. The minimum absolute atomic E-state index is 0.774. The van der Waals surface area contributed by atoms with Crippen molar-refractivity contribution < 1.29 is 4.74 Å². The summed E-state index contributed by atoms with van der Waals surface area (Å²) in [5, 5.41) is 3.30. The van der Waals surface area contributed by atoms with Gasteiger partial charge in [0.1, 0.15) is 0 Å². The number of nitrogens with zero attached hydrogens (tertiary/aromatic N) is 2. The van der Waals surface area contributed by atoms with Crippen LogP contribution in [0.3, 0.4) is 0 Å². The summed E-state index contributed by atoms with van der Waals surface area (Å²) in [5.41, 5.74) is 0. The maximum absolute atomic E-state index is 5.32. The number of ether oxygens (including phenoxy) is 1. The summed E-state index contributed by atoms with van der Waals surface area (Å²) in [5.74, 6) is 0. The number of nitrogens with one attached hydrogen (secondary N) is 1. The number of morpholine rings is 1. The average Bonchev–Trinajstić information content (AvgIpc) is 2.14. The third kappa shape index (κ3) is 2.67. The molecule has 2 aliphatic rings. The van der Waals surface area contributed by atoms with E-state index in [1.807, 2.05) is 0 Å². The van der Waals surface area contributed by atoms with Crippen molar-refractivity contribution in [3.8, 4) is 0 Å². The van der Waals surface area contributed by atoms with Crippen LogP contribution in [0.25, 0.3) is 0 Å². The highest BCUT2D eigenvalue weighted by Gasteiger charge is 2.21. The Morgan fingerprint density at radius 1 is 1.36 bits per heavy atom. The van der Waals surface area contributed by atoms with Crippen LogP contribution in [0.2, 0.25) is 0 Å². The Labute approximate surface area is 86.2 Å². The topological polar surface area (TPSA) is 27.7 Å². The van der Waals surface area contributed by atoms with Gasteiger partial charge in [-0.05, 0) is 7.05 Å². The zero-order valence-corrected chi connectivity index (χ0v) is 9.04. The Bertz CT molecular complexity index is 165. The van der Waals surface area contributed by atoms with Crippen LogP contribution >= 0.6 is 0 Å². The van der Waals surface area contributed by atoms with Crippen molar-refractivity contribution in [2.75, 3.05) is 59.5 Å². The Hall–Kier alpha value is -0.160. The van der Waals surface area contributed by atoms with Crippen molar-refractivity contribution in [3.05, 3.63) is 0 Å². The Morgan fingerprint density at radius 2 is 2.07 bits per heavy atom. The molecule has 0 bridgehead atoms. The average molecular weight is 199 g/mol. The minimum atomic E-state index is 0.774. The maximum Gasteiger partial charge on any atom is 0.0594 e. The lowest BCUT2D eigenvalue weighted by molar-refractivity contribution is 0.0311. The molecule has 0 atom stereocenters. The number of rotatable bonds is 4. The molecule has 0 aromatic heterocycles. The van der Waals surface area contributed by atoms with E-state index in [1.54, 1.807) is 0 Å². The Morgan fingerprint density at radius 3 is 2.64 bits per heavy atom. The number of likely N-dealkylation sites (N-methyl/N-ethyl adjacent to an activating group) is 1. The van der Waals surface area contributed by atoms with Gasteiger partial charge < -0.3 is 10.1 Å². The van der Waals surface area contributed by atoms with Crippen LogP contribution in [0.1, 0.15) is 0 Å². The third-order valence-corrected chi connectivity index (χ3v) is 3.26. The van der Waals surface area contributed by atoms with Gasteiger partial charge in [0.2, 0.25) is 0 Å². The monoisotopic (exact) mass is 199 g/mol. The molecule has 2 fully saturated rings. The molecule has 2 heterocycles. The van der Waals surface area contributed by atoms with Gasteiger partial charge in [0, 0.05) is 45.3 Å². The van der Waals surface area contributed by atoms with Gasteiger partial charge in [-0.2, -0.15) is 0 Å². The van der Waals surface area contributed by atoms with Crippen LogP contribution in [0.4, 0.5) is 0 Å². The molecule has 0 amide bonds. The summed E-state index contributed by atoms with van der Waals surface area (Å²) in [7, 11) is 2.23. The highest BCUT2D eigenvalue weighted by Crippen LogP contribution is 2.03. The molecule has 2 aliphatic heterocycles. The zero-order valence-electron chi connectivity index (χ0n) is 9.04. The smallest absolute Gasteiger partial charge is 0.0594 e. The van der Waals surface area contributed by atoms with Crippen molar-refractivity contribution in [1.29, 1.82) is 0 Å². The van der Waals surface area contributed by atoms with Crippen molar-refractivity contribution in [2.45, 2.75) is 6.04 Å². The highest BCUT2D eigenvalue weighted by atomic mass is 16.5. The van der Waals surface area contributed by atoms with E-state index in [0.29, 0.717) is 0 Å². The third-order valence-electron chi connectivity index (χ3n) is 3.26. The molecule has 0 unspecified atom stereocenters. The van der Waals surface area contributed by atoms with E-state index in [-0.39, 0.29) is 0 Å². The van der Waals surface area contributed by atoms with Crippen molar-refractivity contribution in [1.82, 2.24) is 15.1 Å². The van der Waals surface area contributed by atoms with Gasteiger partial charge in [-0.1, -0.05) is 0 Å². The quantitative estimate of drug-likeness (QED) is 0.643. The molecule has 0 radical (unpaired) electrons. The first-order valence-electron chi connectivity index (χ1n) is 5.57. The summed E-state index contributed by atoms with van der Waals surface area (Å²) in [6, 6.07) is 0.774. The fraction of sp³-hybridized carbons (Fsp3) is 1.00. The van der Waals surface area contributed by atoms with E-state index in [0.717, 1.165) is 32.3 Å². The highest BCUT2D eigenvalue weighted by molar-refractivity contribution is 4.83. The summed E-state index contributed by atoms with van der Waals surface area (Å²) < 4.78 is 5.32. The molecular formula is C10H21N3O. The van der Waals surface area contributed by atoms with Crippen LogP contribution in [-0.4, -0.2) is 75.4 Å². The van der Waals surface area contributed by atoms with Gasteiger partial charge in [-0.25, -0.2) is 0 Å². The minimum Gasteiger partial charge on any atom is -0.379 e. The van der Waals surface area contributed by atoms with Crippen LogP contribution in [0.15, 0.2) is 0 Å². The first-order valence-corrected chi connectivity index (χ1v) is 5.57. The summed E-state index contributed by atoms with van der Waals surface area (Å²) >= 11 is 0. The summed E-state index contributed by atoms with van der Waals surface area (Å²) in [4.78, 5) is 4.96. The standard InChI is InChI=1S/C10H21N3O/c1-12(10-8-11-9-10)2-3-13-4-6-14-7-5-13/h10-11H,2-9H2,1H3. The number of hydrogen-bond donors (Lipinski definition) is 1. The second kappa shape index (κ2) is 5.07. The van der Waals surface area contributed by atoms with E-state index >= 15 is 0 Å². The molecule has 1 N–H and O–H groups in total. The molecule has 4 nitrogen and oxygen atoms in total. The largest absolute Gasteiger partial charge is 0.379 e. The van der Waals surface area contributed by atoms with E-state index in [9.17, 15) is 0 Å². The first-order chi connectivity index (χ1) is 6.86. The molecule has 0 aliphatic carbocycles. The second-order valence-electron chi connectivity index (χ2n) is 4.25. The van der Waals surface area contributed by atoms with Crippen molar-refractivity contribution in [3.63, 3.8) is 0 Å². The van der Waals surface area contributed by atoms with Gasteiger partial charge in [-0.15, -0.1) is 0 Å². The lowest BCUT2D eigenvalue weighted by Crippen LogP contribution is -2.57. The molecule has 82 valence electrons. The van der Waals surface area contributed by atoms with Crippen LogP contribution in [0, 0.1) is 0 Å². The second-order valence-corrected chi connectivity index (χ2v) is 4.25. The molecule has 0 saturated carbocycles. The van der Waals surface area contributed by atoms with Crippen LogP contribution < -0.4 is 5.32 Å². The van der Waals surface area contributed by atoms with E-state index in [2.05, 4.69) is 22.2 Å². The SMILES string of the molecule is CN(CCN1CCOCC1)C1CNC1. The Balaban J connectivity index is 1.60. The lowest BCUT2D eigenvalue weighted by Gasteiger charge is -2.37. The molecule has 2 rings (SSSR count). The van der Waals surface area contributed by atoms with Crippen LogP contribution in [0.5, 0.6) is 0 Å². The summed E-state index contributed by atoms with van der Waals surface area (Å²) in [6.45, 7) is 8.75. The van der Waals surface area contributed by atoms with Gasteiger partial charge in [-0.3, -0.25) is 9.80 Å². The fourth-order valence-corrected chi connectivity index (χ4v) is 1.89. The van der Waals surface area contributed by atoms with Crippen LogP contribution in [-0.2, 0) is 4.74 Å². The maximum atomic E-state index is 5.32. The predicted molar refractivity (Wildman–Crippen MR) is 56.5 cm³/mol. The molecule has 0 aromatic carbocycles. The molecule has 4 heteroatoms. The van der Waals surface area contributed by atoms with Gasteiger partial charge in [0.15, 0.2) is 0 Å². The predicted octanol–water partition coefficient (Wildman–Crippen LogP) is -0.778. The zero-order chi connectivity index (χ0) is 9.80. The summed E-state index contributed by atoms with van der Waals surface area (Å²) in [6.07, 6.45) is 0. The van der Waals surface area contributed by atoms with Gasteiger partial charge in [0.25, 0.3) is 0 Å². The molecule has 0 spiro atoms. The normalized spacial score (nSPS) is 25.3. The van der Waals surface area contributed by atoms with Crippen molar-refractivity contribution in [2.24, 2.45) is 0 Å². The Kier molecular flexibility index (Phi) is 3.75. The molecule has 14 heavy (non-hydrogen) atoms. The van der Waals surface area contributed by atoms with Gasteiger partial charge in [0.05, 0.1) is 13.2 Å². The van der Waals surface area contributed by atoms with Crippen molar-refractivity contribution >= 4 is 0 Å². The lowest BCUT2D eigenvalue weighted by atomic mass is 10.1. The first kappa shape index (κ1) is 10.4. The number of hydrogen-bond acceptors (Lipinski definition) is 4. The fourth-order valence-electron chi connectivity index (χ4n) is 1.89. The molecule has 0 aromatic rings.